The average molecular weight is 254 g/mol. The van der Waals surface area contributed by atoms with E-state index in [0.717, 1.165) is 4.90 Å². The molecule has 1 heterocycles. The Morgan fingerprint density at radius 1 is 1.41 bits per heavy atom. The maximum atomic E-state index is 13.9. The number of hydrogen-bond donors (Lipinski definition) is 0. The molecule has 1 aliphatic rings. The molecule has 0 saturated carbocycles. The van der Waals surface area contributed by atoms with Gasteiger partial charge in [0, 0.05) is 10.4 Å². The first-order valence-corrected chi connectivity index (χ1v) is 6.83. The number of rotatable bonds is 2. The van der Waals surface area contributed by atoms with Crippen molar-refractivity contribution in [3.05, 3.63) is 24.0 Å². The second kappa shape index (κ2) is 4.63. The van der Waals surface area contributed by atoms with Crippen LogP contribution in [-0.2, 0) is 9.31 Å². The van der Waals surface area contributed by atoms with Gasteiger partial charge >= 0.3 is 7.12 Å². The molecule has 0 aromatic heterocycles. The van der Waals surface area contributed by atoms with Crippen LogP contribution in [0.25, 0.3) is 0 Å². The summed E-state index contributed by atoms with van der Waals surface area (Å²) in [5, 5.41) is 0. The summed E-state index contributed by atoms with van der Waals surface area (Å²) < 4.78 is 25.3. The Morgan fingerprint density at radius 2 is 2.12 bits per heavy atom. The van der Waals surface area contributed by atoms with Crippen molar-refractivity contribution in [2.24, 2.45) is 0 Å². The van der Waals surface area contributed by atoms with Gasteiger partial charge in [-0.2, -0.15) is 0 Å². The van der Waals surface area contributed by atoms with Gasteiger partial charge in [0.2, 0.25) is 0 Å². The van der Waals surface area contributed by atoms with E-state index in [1.54, 1.807) is 6.07 Å². The van der Waals surface area contributed by atoms with Crippen molar-refractivity contribution >= 4 is 24.3 Å². The molecular weight excluding hydrogens is 238 g/mol. The van der Waals surface area contributed by atoms with E-state index in [2.05, 4.69) is 0 Å². The smallest absolute Gasteiger partial charge is 0.402 e. The fourth-order valence-electron chi connectivity index (χ4n) is 1.71. The number of benzene rings is 1. The summed E-state index contributed by atoms with van der Waals surface area (Å²) in [6, 6.07) is 5.13. The predicted molar refractivity (Wildman–Crippen MR) is 69.3 cm³/mol. The third-order valence-electron chi connectivity index (χ3n) is 3.18. The topological polar surface area (TPSA) is 18.5 Å². The van der Waals surface area contributed by atoms with Gasteiger partial charge < -0.3 is 9.31 Å². The molecule has 5 heteroatoms. The lowest BCUT2D eigenvalue weighted by atomic mass is 9.79. The van der Waals surface area contributed by atoms with Crippen LogP contribution in [0.2, 0.25) is 0 Å². The molecule has 17 heavy (non-hydrogen) atoms. The number of thioether (sulfide) groups is 1. The van der Waals surface area contributed by atoms with Gasteiger partial charge in [0.05, 0.1) is 11.7 Å². The lowest BCUT2D eigenvalue weighted by Crippen LogP contribution is -2.36. The molecule has 1 aromatic rings. The van der Waals surface area contributed by atoms with Crippen molar-refractivity contribution in [2.45, 2.75) is 37.4 Å². The SMILES string of the molecule is CSc1ccc(B2OC(C)C(C)(C)O2)c(F)c1. The van der Waals surface area contributed by atoms with Crippen LogP contribution in [0.5, 0.6) is 0 Å². The van der Waals surface area contributed by atoms with Crippen LogP contribution in [-0.4, -0.2) is 25.1 Å². The highest BCUT2D eigenvalue weighted by atomic mass is 32.2. The minimum absolute atomic E-state index is 0.0490. The third-order valence-corrected chi connectivity index (χ3v) is 3.90. The molecule has 0 spiro atoms. The Morgan fingerprint density at radius 3 is 2.59 bits per heavy atom. The minimum Gasteiger partial charge on any atom is -0.402 e. The van der Waals surface area contributed by atoms with Gasteiger partial charge in [0.15, 0.2) is 0 Å². The molecule has 2 nitrogen and oxygen atoms in total. The molecule has 0 radical (unpaired) electrons. The first-order chi connectivity index (χ1) is 7.94. The predicted octanol–water partition coefficient (Wildman–Crippen LogP) is 2.46. The summed E-state index contributed by atoms with van der Waals surface area (Å²) in [7, 11) is -0.601. The molecule has 1 fully saturated rings. The summed E-state index contributed by atoms with van der Waals surface area (Å²) in [6.07, 6.45) is 1.87. The van der Waals surface area contributed by atoms with Gasteiger partial charge in [0.25, 0.3) is 0 Å². The Labute approximate surface area is 106 Å². The van der Waals surface area contributed by atoms with E-state index < -0.39 is 7.12 Å². The fraction of sp³-hybridized carbons (Fsp3) is 0.500. The van der Waals surface area contributed by atoms with Crippen LogP contribution < -0.4 is 5.46 Å². The van der Waals surface area contributed by atoms with Crippen LogP contribution in [0.1, 0.15) is 20.8 Å². The zero-order valence-electron chi connectivity index (χ0n) is 10.5. The van der Waals surface area contributed by atoms with Gasteiger partial charge in [-0.15, -0.1) is 11.8 Å². The molecule has 2 rings (SSSR count). The highest BCUT2D eigenvalue weighted by molar-refractivity contribution is 7.98. The Bertz CT molecular complexity index is 425. The Hall–Kier alpha value is -0.515. The highest BCUT2D eigenvalue weighted by Gasteiger charge is 2.44. The van der Waals surface area contributed by atoms with Crippen LogP contribution in [0.3, 0.4) is 0 Å². The average Bonchev–Trinajstić information content (AvgIpc) is 2.53. The number of hydrogen-bond acceptors (Lipinski definition) is 3. The second-order valence-corrected chi connectivity index (χ2v) is 5.60. The van der Waals surface area contributed by atoms with E-state index in [9.17, 15) is 4.39 Å². The Kier molecular flexibility index (Phi) is 3.52. The van der Waals surface area contributed by atoms with Gasteiger partial charge in [-0.3, -0.25) is 0 Å². The minimum atomic E-state index is -0.601. The molecule has 92 valence electrons. The van der Waals surface area contributed by atoms with Crippen molar-refractivity contribution in [3.8, 4) is 0 Å². The molecule has 1 aromatic carbocycles. The first-order valence-electron chi connectivity index (χ1n) is 5.61. The molecular formula is C12H16BFO2S. The molecule has 1 unspecified atom stereocenters. The molecule has 1 atom stereocenters. The van der Waals surface area contributed by atoms with Gasteiger partial charge in [-0.1, -0.05) is 6.07 Å². The summed E-state index contributed by atoms with van der Waals surface area (Å²) in [6.45, 7) is 5.84. The van der Waals surface area contributed by atoms with Crippen molar-refractivity contribution in [1.29, 1.82) is 0 Å². The van der Waals surface area contributed by atoms with Crippen molar-refractivity contribution in [3.63, 3.8) is 0 Å². The molecule has 0 N–H and O–H groups in total. The molecule has 0 amide bonds. The van der Waals surface area contributed by atoms with E-state index in [0.29, 0.717) is 5.46 Å². The summed E-state index contributed by atoms with van der Waals surface area (Å²) in [5.41, 5.74) is 0.0928. The molecule has 1 saturated heterocycles. The zero-order chi connectivity index (χ0) is 12.6. The quantitative estimate of drug-likeness (QED) is 0.596. The molecule has 0 aliphatic carbocycles. The van der Waals surface area contributed by atoms with Crippen LogP contribution >= 0.6 is 11.8 Å². The van der Waals surface area contributed by atoms with E-state index in [4.69, 9.17) is 9.31 Å². The van der Waals surface area contributed by atoms with Crippen LogP contribution in [0.15, 0.2) is 23.1 Å². The van der Waals surface area contributed by atoms with Crippen molar-refractivity contribution in [1.82, 2.24) is 0 Å². The van der Waals surface area contributed by atoms with Crippen molar-refractivity contribution < 1.29 is 13.7 Å². The molecule has 0 bridgehead atoms. The lowest BCUT2D eigenvalue weighted by molar-refractivity contribution is 0.0842. The van der Waals surface area contributed by atoms with Crippen molar-refractivity contribution in [2.75, 3.05) is 6.26 Å². The van der Waals surface area contributed by atoms with Crippen LogP contribution in [0.4, 0.5) is 4.39 Å². The van der Waals surface area contributed by atoms with E-state index in [-0.39, 0.29) is 17.5 Å². The Balaban J connectivity index is 2.25. The summed E-state index contributed by atoms with van der Waals surface area (Å²) >= 11 is 1.51. The highest BCUT2D eigenvalue weighted by Crippen LogP contribution is 2.27. The summed E-state index contributed by atoms with van der Waals surface area (Å²) in [4.78, 5) is 0.900. The van der Waals surface area contributed by atoms with E-state index >= 15 is 0 Å². The van der Waals surface area contributed by atoms with E-state index in [1.165, 1.54) is 17.8 Å². The molecule has 1 aliphatic heterocycles. The van der Waals surface area contributed by atoms with E-state index in [1.807, 2.05) is 33.1 Å². The second-order valence-electron chi connectivity index (χ2n) is 4.72. The standard InChI is InChI=1S/C12H16BFO2S/c1-8-12(2,3)16-13(15-8)10-6-5-9(17-4)7-11(10)14/h5-8H,1-4H3. The van der Waals surface area contributed by atoms with Gasteiger partial charge in [-0.25, -0.2) is 4.39 Å². The van der Waals surface area contributed by atoms with Gasteiger partial charge in [0.1, 0.15) is 5.82 Å². The van der Waals surface area contributed by atoms with Gasteiger partial charge in [-0.05, 0) is 39.2 Å². The number of halogens is 1. The third kappa shape index (κ3) is 2.51. The maximum absolute atomic E-state index is 13.9. The largest absolute Gasteiger partial charge is 0.497 e. The fourth-order valence-corrected chi connectivity index (χ4v) is 2.14. The zero-order valence-corrected chi connectivity index (χ0v) is 11.3. The normalized spacial score (nSPS) is 23.1. The van der Waals surface area contributed by atoms with Crippen LogP contribution in [0, 0.1) is 5.82 Å². The maximum Gasteiger partial charge on any atom is 0.497 e. The lowest BCUT2D eigenvalue weighted by Gasteiger charge is -2.21. The first kappa shape index (κ1) is 12.9. The summed E-state index contributed by atoms with van der Waals surface area (Å²) in [5.74, 6) is -0.272. The monoisotopic (exact) mass is 254 g/mol.